The lowest BCUT2D eigenvalue weighted by Crippen LogP contribution is -2.33. The Labute approximate surface area is 104 Å². The minimum absolute atomic E-state index is 0.203. The second-order valence-corrected chi connectivity index (χ2v) is 5.38. The van der Waals surface area contributed by atoms with Gasteiger partial charge in [-0.3, -0.25) is 4.99 Å². The van der Waals surface area contributed by atoms with E-state index in [-0.39, 0.29) is 5.41 Å². The Morgan fingerprint density at radius 3 is 2.18 bits per heavy atom. The molecule has 0 unspecified atom stereocenters. The lowest BCUT2D eigenvalue weighted by atomic mass is 9.87. The summed E-state index contributed by atoms with van der Waals surface area (Å²) in [6, 6.07) is 8.67. The molecule has 0 bridgehead atoms. The molecule has 0 saturated heterocycles. The second kappa shape index (κ2) is 5.21. The van der Waals surface area contributed by atoms with E-state index in [9.17, 15) is 0 Å². The summed E-state index contributed by atoms with van der Waals surface area (Å²) < 4.78 is 0. The predicted molar refractivity (Wildman–Crippen MR) is 74.2 cm³/mol. The summed E-state index contributed by atoms with van der Waals surface area (Å²) in [4.78, 5) is 5.90. The van der Waals surface area contributed by atoms with Gasteiger partial charge in [0, 0.05) is 20.6 Å². The van der Waals surface area contributed by atoms with Crippen LogP contribution in [0, 0.1) is 0 Å². The summed E-state index contributed by atoms with van der Waals surface area (Å²) in [5.41, 5.74) is 8.53. The molecule has 2 N–H and O–H groups in total. The molecule has 0 aliphatic carbocycles. The van der Waals surface area contributed by atoms with Gasteiger partial charge in [-0.2, -0.15) is 0 Å². The largest absolute Gasteiger partial charge is 0.370 e. The fourth-order valence-electron chi connectivity index (χ4n) is 1.64. The molecule has 0 amide bonds. The summed E-state index contributed by atoms with van der Waals surface area (Å²) in [6.45, 7) is 7.44. The average Bonchev–Trinajstić information content (AvgIpc) is 2.27. The topological polar surface area (TPSA) is 41.6 Å². The first-order valence-electron chi connectivity index (χ1n) is 5.87. The van der Waals surface area contributed by atoms with Crippen LogP contribution in [0.15, 0.2) is 29.3 Å². The molecule has 0 atom stereocenters. The van der Waals surface area contributed by atoms with Crippen LogP contribution >= 0.6 is 0 Å². The van der Waals surface area contributed by atoms with Crippen LogP contribution in [-0.2, 0) is 12.0 Å². The predicted octanol–water partition coefficient (Wildman–Crippen LogP) is 2.36. The number of hydrogen-bond acceptors (Lipinski definition) is 1. The van der Waals surface area contributed by atoms with Crippen molar-refractivity contribution in [3.05, 3.63) is 35.4 Å². The number of hydrogen-bond donors (Lipinski definition) is 1. The Morgan fingerprint density at radius 1 is 1.24 bits per heavy atom. The zero-order chi connectivity index (χ0) is 13.1. The highest BCUT2D eigenvalue weighted by Gasteiger charge is 2.13. The summed E-state index contributed by atoms with van der Waals surface area (Å²) in [5, 5.41) is 0. The van der Waals surface area contributed by atoms with E-state index in [1.807, 2.05) is 11.9 Å². The van der Waals surface area contributed by atoms with Gasteiger partial charge in [0.05, 0.1) is 0 Å². The third kappa shape index (κ3) is 3.77. The minimum Gasteiger partial charge on any atom is -0.370 e. The fraction of sp³-hybridized carbons (Fsp3) is 0.500. The summed E-state index contributed by atoms with van der Waals surface area (Å²) in [7, 11) is 3.65. The Balaban J connectivity index is 2.76. The first-order valence-corrected chi connectivity index (χ1v) is 5.87. The van der Waals surface area contributed by atoms with Crippen LogP contribution < -0.4 is 5.73 Å². The molecule has 94 valence electrons. The second-order valence-electron chi connectivity index (χ2n) is 5.38. The first-order chi connectivity index (χ1) is 7.84. The maximum Gasteiger partial charge on any atom is 0.191 e. The molecular weight excluding hydrogens is 210 g/mol. The van der Waals surface area contributed by atoms with Crippen molar-refractivity contribution in [3.8, 4) is 0 Å². The van der Waals surface area contributed by atoms with Gasteiger partial charge >= 0.3 is 0 Å². The van der Waals surface area contributed by atoms with E-state index in [1.165, 1.54) is 11.1 Å². The van der Waals surface area contributed by atoms with Crippen LogP contribution in [0.5, 0.6) is 0 Å². The van der Waals surface area contributed by atoms with E-state index in [4.69, 9.17) is 5.73 Å². The van der Waals surface area contributed by atoms with E-state index in [2.05, 4.69) is 50.0 Å². The van der Waals surface area contributed by atoms with E-state index in [0.717, 1.165) is 6.54 Å². The number of nitrogens with zero attached hydrogens (tertiary/aromatic N) is 2. The quantitative estimate of drug-likeness (QED) is 0.629. The third-order valence-electron chi connectivity index (χ3n) is 2.86. The normalized spacial score (nSPS) is 12.6. The molecule has 0 fully saturated rings. The van der Waals surface area contributed by atoms with E-state index < -0.39 is 0 Å². The standard InChI is InChI=1S/C14H23N3/c1-14(2,3)12-8-6-11(7-9-12)10-17(5)13(15)16-4/h6-9H,10H2,1-5H3,(H2,15,16). The molecule has 0 heterocycles. The zero-order valence-corrected chi connectivity index (χ0v) is 11.5. The number of benzene rings is 1. The molecule has 0 saturated carbocycles. The molecule has 1 rings (SSSR count). The molecule has 0 aliphatic heterocycles. The van der Waals surface area contributed by atoms with Crippen molar-refractivity contribution >= 4 is 5.96 Å². The molecule has 1 aromatic rings. The van der Waals surface area contributed by atoms with Gasteiger partial charge in [-0.15, -0.1) is 0 Å². The average molecular weight is 233 g/mol. The summed E-state index contributed by atoms with van der Waals surface area (Å²) in [6.07, 6.45) is 0. The van der Waals surface area contributed by atoms with Crippen molar-refractivity contribution in [2.45, 2.75) is 32.7 Å². The minimum atomic E-state index is 0.203. The smallest absolute Gasteiger partial charge is 0.191 e. The van der Waals surface area contributed by atoms with Crippen molar-refractivity contribution in [1.29, 1.82) is 0 Å². The Bertz CT molecular complexity index is 385. The van der Waals surface area contributed by atoms with Crippen LogP contribution in [0.2, 0.25) is 0 Å². The highest BCUT2D eigenvalue weighted by Crippen LogP contribution is 2.22. The number of nitrogens with two attached hydrogens (primary N) is 1. The Kier molecular flexibility index (Phi) is 4.16. The summed E-state index contributed by atoms with van der Waals surface area (Å²) >= 11 is 0. The highest BCUT2D eigenvalue weighted by atomic mass is 15.2. The van der Waals surface area contributed by atoms with Crippen LogP contribution in [-0.4, -0.2) is 25.0 Å². The van der Waals surface area contributed by atoms with Gasteiger partial charge in [-0.1, -0.05) is 45.0 Å². The molecule has 1 aromatic carbocycles. The van der Waals surface area contributed by atoms with E-state index in [0.29, 0.717) is 5.96 Å². The molecule has 3 nitrogen and oxygen atoms in total. The fourth-order valence-corrected chi connectivity index (χ4v) is 1.64. The molecule has 0 spiro atoms. The van der Waals surface area contributed by atoms with Gasteiger partial charge in [0.1, 0.15) is 0 Å². The van der Waals surface area contributed by atoms with E-state index in [1.54, 1.807) is 7.05 Å². The van der Waals surface area contributed by atoms with E-state index >= 15 is 0 Å². The lowest BCUT2D eigenvalue weighted by molar-refractivity contribution is 0.493. The van der Waals surface area contributed by atoms with Crippen LogP contribution in [0.1, 0.15) is 31.9 Å². The third-order valence-corrected chi connectivity index (χ3v) is 2.86. The Hall–Kier alpha value is -1.51. The number of rotatable bonds is 2. The molecule has 0 aromatic heterocycles. The van der Waals surface area contributed by atoms with Gasteiger partial charge in [-0.25, -0.2) is 0 Å². The molecule has 0 aliphatic rings. The van der Waals surface area contributed by atoms with Crippen LogP contribution in [0.25, 0.3) is 0 Å². The van der Waals surface area contributed by atoms with Crippen LogP contribution in [0.4, 0.5) is 0 Å². The molecular formula is C14H23N3. The van der Waals surface area contributed by atoms with Gasteiger partial charge < -0.3 is 10.6 Å². The Morgan fingerprint density at radius 2 is 1.76 bits per heavy atom. The van der Waals surface area contributed by atoms with Crippen molar-refractivity contribution in [1.82, 2.24) is 4.90 Å². The molecule has 3 heteroatoms. The maximum atomic E-state index is 5.74. The van der Waals surface area contributed by atoms with Gasteiger partial charge in [0.15, 0.2) is 5.96 Å². The molecule has 17 heavy (non-hydrogen) atoms. The lowest BCUT2D eigenvalue weighted by Gasteiger charge is -2.21. The van der Waals surface area contributed by atoms with Crippen LogP contribution in [0.3, 0.4) is 0 Å². The van der Waals surface area contributed by atoms with Gasteiger partial charge in [0.25, 0.3) is 0 Å². The molecule has 0 radical (unpaired) electrons. The van der Waals surface area contributed by atoms with Crippen molar-refractivity contribution < 1.29 is 0 Å². The monoisotopic (exact) mass is 233 g/mol. The number of guanidine groups is 1. The maximum absolute atomic E-state index is 5.74. The highest BCUT2D eigenvalue weighted by molar-refractivity contribution is 5.77. The zero-order valence-electron chi connectivity index (χ0n) is 11.5. The summed E-state index contributed by atoms with van der Waals surface area (Å²) in [5.74, 6) is 0.560. The van der Waals surface area contributed by atoms with Gasteiger partial charge in [0.2, 0.25) is 0 Å². The van der Waals surface area contributed by atoms with Gasteiger partial charge in [-0.05, 0) is 16.5 Å². The SMILES string of the molecule is CN=C(N)N(C)Cc1ccc(C(C)(C)C)cc1. The van der Waals surface area contributed by atoms with Crippen molar-refractivity contribution in [2.24, 2.45) is 10.7 Å². The first kappa shape index (κ1) is 13.6. The number of aliphatic imine (C=N–C) groups is 1. The van der Waals surface area contributed by atoms with Crippen molar-refractivity contribution in [3.63, 3.8) is 0 Å². The van der Waals surface area contributed by atoms with Crippen molar-refractivity contribution in [2.75, 3.05) is 14.1 Å².